The van der Waals surface area contributed by atoms with E-state index < -0.39 is 0 Å². The average molecular weight is 347 g/mol. The van der Waals surface area contributed by atoms with E-state index in [1.165, 1.54) is 10.7 Å². The van der Waals surface area contributed by atoms with Gasteiger partial charge in [-0.1, -0.05) is 20.8 Å². The fourth-order valence-corrected chi connectivity index (χ4v) is 4.16. The average Bonchev–Trinajstić information content (AvgIpc) is 3.16. The molecule has 6 heteroatoms. The van der Waals surface area contributed by atoms with Crippen molar-refractivity contribution in [1.29, 1.82) is 0 Å². The van der Waals surface area contributed by atoms with Gasteiger partial charge in [0.05, 0.1) is 10.7 Å². The van der Waals surface area contributed by atoms with Crippen LogP contribution >= 0.6 is 11.3 Å². The van der Waals surface area contributed by atoms with Crippen LogP contribution in [0, 0.1) is 5.92 Å². The maximum absolute atomic E-state index is 12.4. The number of carbonyl (C=O) groups excluding carboxylic acids is 1. The number of hydrogen-bond acceptors (Lipinski definition) is 4. The van der Waals surface area contributed by atoms with Crippen LogP contribution in [0.25, 0.3) is 0 Å². The van der Waals surface area contributed by atoms with Gasteiger partial charge in [0.25, 0.3) is 5.91 Å². The SMILES string of the molecule is Cn1ccc(C(=O)N2CCC(Cc3nc(C(C)(C)C)cs3)CC2)n1. The van der Waals surface area contributed by atoms with Crippen molar-refractivity contribution < 1.29 is 4.79 Å². The predicted molar refractivity (Wildman–Crippen MR) is 96.4 cm³/mol. The summed E-state index contributed by atoms with van der Waals surface area (Å²) in [6, 6.07) is 1.79. The zero-order valence-corrected chi connectivity index (χ0v) is 15.8. The highest BCUT2D eigenvalue weighted by Crippen LogP contribution is 2.28. The summed E-state index contributed by atoms with van der Waals surface area (Å²) in [7, 11) is 1.84. The Hall–Kier alpha value is -1.69. The zero-order chi connectivity index (χ0) is 17.3. The van der Waals surface area contributed by atoms with E-state index in [2.05, 4.69) is 31.2 Å². The van der Waals surface area contributed by atoms with E-state index in [1.807, 2.05) is 18.1 Å². The summed E-state index contributed by atoms with van der Waals surface area (Å²) in [4.78, 5) is 19.2. The lowest BCUT2D eigenvalue weighted by Crippen LogP contribution is -2.39. The Kier molecular flexibility index (Phi) is 4.76. The Morgan fingerprint density at radius 3 is 2.58 bits per heavy atom. The maximum atomic E-state index is 12.4. The summed E-state index contributed by atoms with van der Waals surface area (Å²) < 4.78 is 1.68. The van der Waals surface area contributed by atoms with Crippen LogP contribution in [-0.2, 0) is 18.9 Å². The second-order valence-electron chi connectivity index (χ2n) is 7.69. The van der Waals surface area contributed by atoms with Gasteiger partial charge in [0.1, 0.15) is 5.69 Å². The minimum atomic E-state index is 0.0540. The van der Waals surface area contributed by atoms with Crippen LogP contribution in [0.4, 0.5) is 0 Å². The van der Waals surface area contributed by atoms with Gasteiger partial charge in [-0.25, -0.2) is 4.98 Å². The van der Waals surface area contributed by atoms with Crippen LogP contribution in [0.15, 0.2) is 17.6 Å². The molecule has 0 aliphatic carbocycles. The lowest BCUT2D eigenvalue weighted by Gasteiger charge is -2.31. The second-order valence-corrected chi connectivity index (χ2v) is 8.63. The Balaban J connectivity index is 1.54. The monoisotopic (exact) mass is 346 g/mol. The standard InChI is InChI=1S/C18H26N4OS/c1-18(2,3)15-12-24-16(19-15)11-13-5-9-22(10-6-13)17(23)14-7-8-21(4)20-14/h7-8,12-13H,5-6,9-11H2,1-4H3. The molecule has 1 amide bonds. The minimum absolute atomic E-state index is 0.0540. The molecule has 1 fully saturated rings. The van der Waals surface area contributed by atoms with Crippen molar-refractivity contribution in [3.63, 3.8) is 0 Å². The third kappa shape index (κ3) is 3.86. The largest absolute Gasteiger partial charge is 0.337 e. The van der Waals surface area contributed by atoms with Crippen molar-refractivity contribution in [3.8, 4) is 0 Å². The highest BCUT2D eigenvalue weighted by Gasteiger charge is 2.26. The number of carbonyl (C=O) groups is 1. The molecule has 0 saturated carbocycles. The van der Waals surface area contributed by atoms with E-state index in [-0.39, 0.29) is 11.3 Å². The first-order valence-electron chi connectivity index (χ1n) is 8.57. The maximum Gasteiger partial charge on any atom is 0.274 e. The molecule has 0 unspecified atom stereocenters. The molecule has 0 bridgehead atoms. The van der Waals surface area contributed by atoms with Crippen molar-refractivity contribution in [3.05, 3.63) is 34.0 Å². The molecule has 3 rings (SSSR count). The smallest absolute Gasteiger partial charge is 0.274 e. The van der Waals surface area contributed by atoms with Gasteiger partial charge in [-0.3, -0.25) is 9.48 Å². The fourth-order valence-electron chi connectivity index (χ4n) is 3.03. The molecule has 1 aliphatic heterocycles. The first-order valence-corrected chi connectivity index (χ1v) is 9.44. The first kappa shape index (κ1) is 17.1. The van der Waals surface area contributed by atoms with E-state index in [4.69, 9.17) is 4.98 Å². The molecule has 2 aromatic heterocycles. The van der Waals surface area contributed by atoms with Crippen LogP contribution in [-0.4, -0.2) is 38.7 Å². The summed E-state index contributed by atoms with van der Waals surface area (Å²) in [5, 5.41) is 7.64. The van der Waals surface area contributed by atoms with Crippen LogP contribution in [0.5, 0.6) is 0 Å². The number of rotatable bonds is 3. The van der Waals surface area contributed by atoms with Gasteiger partial charge in [0, 0.05) is 43.5 Å². The van der Waals surface area contributed by atoms with Crippen LogP contribution < -0.4 is 0 Å². The predicted octanol–water partition coefficient (Wildman–Crippen LogP) is 3.27. The molecule has 130 valence electrons. The molecule has 0 aromatic carbocycles. The summed E-state index contributed by atoms with van der Waals surface area (Å²) in [5.74, 6) is 0.676. The number of aryl methyl sites for hydroxylation is 1. The van der Waals surface area contributed by atoms with Crippen LogP contribution in [0.3, 0.4) is 0 Å². The number of amides is 1. The third-order valence-corrected chi connectivity index (χ3v) is 5.49. The Bertz CT molecular complexity index is 705. The second kappa shape index (κ2) is 6.67. The number of aromatic nitrogens is 3. The first-order chi connectivity index (χ1) is 11.3. The van der Waals surface area contributed by atoms with E-state index in [1.54, 1.807) is 22.1 Å². The molecule has 5 nitrogen and oxygen atoms in total. The van der Waals surface area contributed by atoms with Gasteiger partial charge in [-0.05, 0) is 24.8 Å². The molecule has 0 atom stereocenters. The van der Waals surface area contributed by atoms with Gasteiger partial charge in [-0.2, -0.15) is 5.10 Å². The van der Waals surface area contributed by atoms with Crippen molar-refractivity contribution in [1.82, 2.24) is 19.7 Å². The Morgan fingerprint density at radius 2 is 2.04 bits per heavy atom. The van der Waals surface area contributed by atoms with Crippen molar-refractivity contribution in [2.45, 2.75) is 45.4 Å². The zero-order valence-electron chi connectivity index (χ0n) is 15.0. The number of nitrogens with zero attached hydrogens (tertiary/aromatic N) is 4. The van der Waals surface area contributed by atoms with E-state index in [9.17, 15) is 4.79 Å². The molecule has 3 heterocycles. The van der Waals surface area contributed by atoms with Gasteiger partial charge in [0.2, 0.25) is 0 Å². The lowest BCUT2D eigenvalue weighted by atomic mass is 9.92. The number of piperidine rings is 1. The molecular formula is C18H26N4OS. The normalized spacial score (nSPS) is 16.6. The van der Waals surface area contributed by atoms with Crippen LogP contribution in [0.1, 0.15) is 54.8 Å². The molecule has 24 heavy (non-hydrogen) atoms. The lowest BCUT2D eigenvalue weighted by molar-refractivity contribution is 0.0683. The van der Waals surface area contributed by atoms with Gasteiger partial charge >= 0.3 is 0 Å². The minimum Gasteiger partial charge on any atom is -0.337 e. The molecule has 0 spiro atoms. The van der Waals surface area contributed by atoms with Gasteiger partial charge in [-0.15, -0.1) is 11.3 Å². The van der Waals surface area contributed by atoms with Crippen molar-refractivity contribution >= 4 is 17.2 Å². The highest BCUT2D eigenvalue weighted by atomic mass is 32.1. The summed E-state index contributed by atoms with van der Waals surface area (Å²) in [6.07, 6.45) is 4.94. The van der Waals surface area contributed by atoms with Gasteiger partial charge in [0.15, 0.2) is 0 Å². The Labute approximate surface area is 147 Å². The molecule has 0 N–H and O–H groups in total. The summed E-state index contributed by atoms with van der Waals surface area (Å²) >= 11 is 1.77. The van der Waals surface area contributed by atoms with E-state index in [0.29, 0.717) is 11.6 Å². The molecule has 1 saturated heterocycles. The number of hydrogen-bond donors (Lipinski definition) is 0. The van der Waals surface area contributed by atoms with E-state index >= 15 is 0 Å². The summed E-state index contributed by atoms with van der Waals surface area (Å²) in [6.45, 7) is 8.24. The van der Waals surface area contributed by atoms with Crippen LogP contribution in [0.2, 0.25) is 0 Å². The Morgan fingerprint density at radius 1 is 1.33 bits per heavy atom. The van der Waals surface area contributed by atoms with Crippen molar-refractivity contribution in [2.24, 2.45) is 13.0 Å². The van der Waals surface area contributed by atoms with E-state index in [0.717, 1.165) is 32.4 Å². The number of thiazole rings is 1. The number of likely N-dealkylation sites (tertiary alicyclic amines) is 1. The van der Waals surface area contributed by atoms with Gasteiger partial charge < -0.3 is 4.90 Å². The third-order valence-electron chi connectivity index (χ3n) is 4.62. The van der Waals surface area contributed by atoms with Crippen molar-refractivity contribution in [2.75, 3.05) is 13.1 Å². The quantitative estimate of drug-likeness (QED) is 0.857. The highest BCUT2D eigenvalue weighted by molar-refractivity contribution is 7.09. The molecule has 0 radical (unpaired) electrons. The topological polar surface area (TPSA) is 51.0 Å². The molecular weight excluding hydrogens is 320 g/mol. The molecule has 1 aliphatic rings. The molecule has 2 aromatic rings. The fraction of sp³-hybridized carbons (Fsp3) is 0.611. The summed E-state index contributed by atoms with van der Waals surface area (Å²) in [5.41, 5.74) is 1.85.